The summed E-state index contributed by atoms with van der Waals surface area (Å²) < 4.78 is 35.9. The molecule has 0 radical (unpaired) electrons. The standard InChI is InChI=1S/C25H24N4O6S2/c1-15-7-11-19(12-8-15)36-35-20-14-21(30)27(2)23-22(20)24(31)29(17-9-10-17)25(32)28(23)18-6-4-5-16(13-18)26-37(3,33)34/h4-8,11-14,17,26H,9-10H2,1-3H3/p+1. The van der Waals surface area contributed by atoms with Crippen LogP contribution >= 0.6 is 12.0 Å². The predicted octanol–water partition coefficient (Wildman–Crippen LogP) is 2.78. The number of benzene rings is 2. The van der Waals surface area contributed by atoms with Crippen molar-refractivity contribution in [2.75, 3.05) is 11.0 Å². The quantitative estimate of drug-likeness (QED) is 0.272. The van der Waals surface area contributed by atoms with Gasteiger partial charge in [0.05, 0.1) is 43.1 Å². The Morgan fingerprint density at radius 3 is 2.46 bits per heavy atom. The van der Waals surface area contributed by atoms with E-state index in [0.717, 1.165) is 28.8 Å². The van der Waals surface area contributed by atoms with Crippen LogP contribution in [-0.2, 0) is 17.1 Å². The van der Waals surface area contributed by atoms with Crippen LogP contribution in [0.25, 0.3) is 16.7 Å². The van der Waals surface area contributed by atoms with Crippen molar-refractivity contribution < 1.29 is 22.3 Å². The minimum atomic E-state index is -3.56. The van der Waals surface area contributed by atoms with Crippen LogP contribution in [0.15, 0.2) is 69.1 Å². The summed E-state index contributed by atoms with van der Waals surface area (Å²) >= 11 is 1.02. The average Bonchev–Trinajstić information content (AvgIpc) is 3.66. The molecule has 0 bridgehead atoms. The lowest BCUT2D eigenvalue weighted by atomic mass is 10.2. The topological polar surface area (TPSA) is 124 Å². The Labute approximate surface area is 217 Å². The molecule has 4 aromatic rings. The Bertz CT molecular complexity index is 1760. The minimum absolute atomic E-state index is 0.0715. The highest BCUT2D eigenvalue weighted by atomic mass is 32.2. The molecule has 10 nitrogen and oxygen atoms in total. The third-order valence-electron chi connectivity index (χ3n) is 6.00. The van der Waals surface area contributed by atoms with Gasteiger partial charge in [-0.3, -0.25) is 9.52 Å². The summed E-state index contributed by atoms with van der Waals surface area (Å²) in [5.41, 5.74) is 0.879. The predicted molar refractivity (Wildman–Crippen MR) is 141 cm³/mol. The molecule has 1 aliphatic carbocycles. The number of fused-ring (bicyclic) bond motifs is 1. The molecular weight excluding hydrogens is 516 g/mol. The average molecular weight is 542 g/mol. The molecule has 2 aromatic heterocycles. The summed E-state index contributed by atoms with van der Waals surface area (Å²) in [7, 11) is -2.06. The summed E-state index contributed by atoms with van der Waals surface area (Å²) in [6, 6.07) is 14.6. The number of nitrogens with one attached hydrogen (secondary N) is 1. The SMILES string of the molecule is Cc1ccc(SOc2cc(=O)n(C)c3c2c(=O)n(C2CC2)c(O)[n+]3-c2cccc(NS(C)(=O)=O)c2)cc1. The highest BCUT2D eigenvalue weighted by Gasteiger charge is 2.37. The summed E-state index contributed by atoms with van der Waals surface area (Å²) in [5.74, 6) is 0.0715. The minimum Gasteiger partial charge on any atom is -0.458 e. The van der Waals surface area contributed by atoms with Crippen molar-refractivity contribution in [3.05, 3.63) is 80.9 Å². The van der Waals surface area contributed by atoms with E-state index in [1.165, 1.54) is 32.9 Å². The summed E-state index contributed by atoms with van der Waals surface area (Å²) in [5, 5.41) is 11.4. The molecule has 0 atom stereocenters. The number of nitrogens with zero attached hydrogens (tertiary/aromatic N) is 3. The van der Waals surface area contributed by atoms with Crippen molar-refractivity contribution in [1.29, 1.82) is 0 Å². The molecule has 0 saturated heterocycles. The van der Waals surface area contributed by atoms with Gasteiger partial charge in [0.2, 0.25) is 10.0 Å². The van der Waals surface area contributed by atoms with Gasteiger partial charge in [0.1, 0.15) is 5.69 Å². The Balaban J connectivity index is 1.76. The Morgan fingerprint density at radius 1 is 1.11 bits per heavy atom. The Kier molecular flexibility index (Phi) is 6.24. The normalized spacial score (nSPS) is 13.6. The molecule has 37 heavy (non-hydrogen) atoms. The van der Waals surface area contributed by atoms with Crippen LogP contribution in [0.4, 0.5) is 5.69 Å². The summed E-state index contributed by atoms with van der Waals surface area (Å²) in [4.78, 5) is 27.5. The smallest absolute Gasteiger partial charge is 0.405 e. The van der Waals surface area contributed by atoms with Crippen molar-refractivity contribution >= 4 is 38.8 Å². The molecule has 5 rings (SSSR count). The number of anilines is 1. The summed E-state index contributed by atoms with van der Waals surface area (Å²) in [6.45, 7) is 1.97. The highest BCUT2D eigenvalue weighted by molar-refractivity contribution is 7.95. The van der Waals surface area contributed by atoms with E-state index in [-0.39, 0.29) is 34.5 Å². The second kappa shape index (κ2) is 9.27. The molecule has 2 heterocycles. The van der Waals surface area contributed by atoms with Crippen molar-refractivity contribution in [2.24, 2.45) is 7.05 Å². The van der Waals surface area contributed by atoms with Crippen LogP contribution in [0, 0.1) is 6.92 Å². The van der Waals surface area contributed by atoms with Gasteiger partial charge in [-0.25, -0.2) is 17.8 Å². The number of pyridine rings is 1. The van der Waals surface area contributed by atoms with Crippen LogP contribution in [-0.4, -0.2) is 28.9 Å². The first kappa shape index (κ1) is 24.9. The zero-order valence-electron chi connectivity index (χ0n) is 20.3. The first-order valence-electron chi connectivity index (χ1n) is 11.5. The van der Waals surface area contributed by atoms with Gasteiger partial charge >= 0.3 is 17.1 Å². The van der Waals surface area contributed by atoms with E-state index in [1.807, 2.05) is 31.2 Å². The van der Waals surface area contributed by atoms with Gasteiger partial charge in [0.25, 0.3) is 5.65 Å². The second-order valence-corrected chi connectivity index (χ2v) is 11.6. The van der Waals surface area contributed by atoms with E-state index in [2.05, 4.69) is 4.72 Å². The molecule has 0 spiro atoms. The molecule has 0 amide bonds. The van der Waals surface area contributed by atoms with Gasteiger partial charge in [0.15, 0.2) is 11.1 Å². The van der Waals surface area contributed by atoms with Crippen molar-refractivity contribution in [1.82, 2.24) is 9.13 Å². The van der Waals surface area contributed by atoms with Gasteiger partial charge in [-0.1, -0.05) is 23.8 Å². The Morgan fingerprint density at radius 2 is 1.81 bits per heavy atom. The van der Waals surface area contributed by atoms with Crippen LogP contribution in [0.2, 0.25) is 0 Å². The van der Waals surface area contributed by atoms with E-state index in [9.17, 15) is 23.1 Å². The van der Waals surface area contributed by atoms with Crippen molar-refractivity contribution in [3.63, 3.8) is 0 Å². The monoisotopic (exact) mass is 541 g/mol. The van der Waals surface area contributed by atoms with E-state index >= 15 is 0 Å². The lowest BCUT2D eigenvalue weighted by Gasteiger charge is -2.15. The fraction of sp³-hybridized carbons (Fsp3) is 0.240. The van der Waals surface area contributed by atoms with Crippen LogP contribution in [0.3, 0.4) is 0 Å². The second-order valence-electron chi connectivity index (χ2n) is 9.05. The van der Waals surface area contributed by atoms with E-state index in [1.54, 1.807) is 18.2 Å². The molecule has 1 fully saturated rings. The highest BCUT2D eigenvalue weighted by Crippen LogP contribution is 2.37. The van der Waals surface area contributed by atoms with Crippen molar-refractivity contribution in [3.8, 4) is 17.4 Å². The van der Waals surface area contributed by atoms with Gasteiger partial charge in [-0.2, -0.15) is 9.13 Å². The molecule has 1 saturated carbocycles. The molecule has 1 aliphatic rings. The molecule has 2 N–H and O–H groups in total. The first-order chi connectivity index (χ1) is 17.5. The molecule has 192 valence electrons. The zero-order chi connectivity index (χ0) is 26.5. The van der Waals surface area contributed by atoms with Crippen LogP contribution < -0.4 is 24.6 Å². The fourth-order valence-corrected chi connectivity index (χ4v) is 5.23. The number of sulfonamides is 1. The number of hydrogen-bond donors (Lipinski definition) is 2. The van der Waals surface area contributed by atoms with Gasteiger partial charge < -0.3 is 9.29 Å². The van der Waals surface area contributed by atoms with E-state index in [4.69, 9.17) is 4.18 Å². The third kappa shape index (κ3) is 4.94. The zero-order valence-corrected chi connectivity index (χ0v) is 22.0. The lowest BCUT2D eigenvalue weighted by molar-refractivity contribution is -0.585. The first-order valence-corrected chi connectivity index (χ1v) is 14.1. The maximum Gasteiger partial charge on any atom is 0.405 e. The molecular formula is C25H25N4O6S2+. The largest absolute Gasteiger partial charge is 0.458 e. The van der Waals surface area contributed by atoms with E-state index < -0.39 is 21.1 Å². The molecule has 0 aliphatic heterocycles. The number of aromatic nitrogens is 3. The maximum atomic E-state index is 13.7. The molecule has 2 aromatic carbocycles. The maximum absolute atomic E-state index is 13.7. The lowest BCUT2D eigenvalue weighted by Crippen LogP contribution is -2.43. The fourth-order valence-electron chi connectivity index (χ4n) is 4.11. The van der Waals surface area contributed by atoms with Gasteiger partial charge in [-0.05, 0) is 44.0 Å². The number of aromatic hydroxyl groups is 1. The molecule has 12 heteroatoms. The van der Waals surface area contributed by atoms with Crippen molar-refractivity contribution in [2.45, 2.75) is 30.7 Å². The number of hydrogen-bond acceptors (Lipinski definition) is 7. The van der Waals surface area contributed by atoms with Gasteiger partial charge in [-0.15, -0.1) is 0 Å². The third-order valence-corrected chi connectivity index (χ3v) is 7.34. The van der Waals surface area contributed by atoms with Gasteiger partial charge in [0, 0.05) is 11.0 Å². The van der Waals surface area contributed by atoms with Crippen LogP contribution in [0.5, 0.6) is 11.8 Å². The van der Waals surface area contributed by atoms with Crippen LogP contribution in [0.1, 0.15) is 24.4 Å². The number of aryl methyl sites for hydroxylation is 2. The Hall–Kier alpha value is -3.77. The number of rotatable bonds is 7. The molecule has 0 unspecified atom stereocenters. The summed E-state index contributed by atoms with van der Waals surface area (Å²) in [6.07, 6.45) is 2.47. The van der Waals surface area contributed by atoms with E-state index in [0.29, 0.717) is 18.5 Å².